The fraction of sp³-hybridized carbons (Fsp3) is 0.533. The molecule has 1 unspecified atom stereocenters. The van der Waals surface area contributed by atoms with Gasteiger partial charge >= 0.3 is 0 Å². The second kappa shape index (κ2) is 6.71. The van der Waals surface area contributed by atoms with Crippen LogP contribution in [0.25, 0.3) is 0 Å². The maximum Gasteiger partial charge on any atom is 0.157 e. The average molecular weight is 294 g/mol. The van der Waals surface area contributed by atoms with Crippen LogP contribution in [0.5, 0.6) is 0 Å². The van der Waals surface area contributed by atoms with Gasteiger partial charge in [0.1, 0.15) is 0 Å². The Hall–Kier alpha value is -0.610. The molecule has 1 aromatic rings. The normalized spacial score (nSPS) is 19.3. The molecule has 2 nitrogen and oxygen atoms in total. The van der Waals surface area contributed by atoms with Crippen LogP contribution in [0.3, 0.4) is 0 Å². The number of hydrogen-bond donors (Lipinski definition) is 1. The maximum absolute atomic E-state index is 4.75. The molecule has 2 rings (SSSR count). The van der Waals surface area contributed by atoms with Crippen molar-refractivity contribution < 1.29 is 0 Å². The zero-order valence-electron chi connectivity index (χ0n) is 11.8. The molecule has 0 saturated heterocycles. The summed E-state index contributed by atoms with van der Waals surface area (Å²) in [5.74, 6) is 3.30. The van der Waals surface area contributed by atoms with Gasteiger partial charge < -0.3 is 5.32 Å². The number of benzene rings is 1. The van der Waals surface area contributed by atoms with Crippen molar-refractivity contribution in [2.75, 3.05) is 11.5 Å². The quantitative estimate of drug-likeness (QED) is 0.914. The third-order valence-corrected chi connectivity index (χ3v) is 4.81. The lowest BCUT2D eigenvalue weighted by molar-refractivity contribution is 0.515. The minimum Gasteiger partial charge on any atom is -0.360 e. The van der Waals surface area contributed by atoms with Crippen molar-refractivity contribution >= 4 is 28.7 Å². The summed E-state index contributed by atoms with van der Waals surface area (Å²) < 4.78 is 0. The van der Waals surface area contributed by atoms with Crippen molar-refractivity contribution in [1.82, 2.24) is 5.32 Å². The van der Waals surface area contributed by atoms with Crippen molar-refractivity contribution in [3.63, 3.8) is 0 Å². The van der Waals surface area contributed by atoms with Gasteiger partial charge in [0.05, 0.1) is 6.04 Å². The number of thioether (sulfide) groups is 2. The molecule has 1 N–H and O–H groups in total. The summed E-state index contributed by atoms with van der Waals surface area (Å²) in [6, 6.07) is 11.1. The SMILES string of the molecule is CC(C)(C)NC1=NC(CSCc2ccccc2)CS1. The van der Waals surface area contributed by atoms with Gasteiger partial charge in [0.25, 0.3) is 0 Å². The van der Waals surface area contributed by atoms with Crippen LogP contribution in [0.15, 0.2) is 35.3 Å². The zero-order valence-corrected chi connectivity index (χ0v) is 13.5. The Morgan fingerprint density at radius 1 is 1.32 bits per heavy atom. The van der Waals surface area contributed by atoms with Crippen molar-refractivity contribution in [3.05, 3.63) is 35.9 Å². The van der Waals surface area contributed by atoms with Crippen LogP contribution in [-0.2, 0) is 5.75 Å². The number of nitrogens with zero attached hydrogens (tertiary/aromatic N) is 1. The fourth-order valence-corrected chi connectivity index (χ4v) is 4.08. The van der Waals surface area contributed by atoms with Crippen LogP contribution >= 0.6 is 23.5 Å². The molecule has 1 aliphatic heterocycles. The third-order valence-electron chi connectivity index (χ3n) is 2.62. The fourth-order valence-electron chi connectivity index (χ4n) is 1.78. The predicted molar refractivity (Wildman–Crippen MR) is 89.2 cm³/mol. The van der Waals surface area contributed by atoms with Gasteiger partial charge in [0.15, 0.2) is 5.17 Å². The summed E-state index contributed by atoms with van der Waals surface area (Å²) in [6.45, 7) is 6.52. The molecular formula is C15H22N2S2. The predicted octanol–water partition coefficient (Wildman–Crippen LogP) is 3.78. The van der Waals surface area contributed by atoms with E-state index in [-0.39, 0.29) is 5.54 Å². The van der Waals surface area contributed by atoms with Crippen LogP contribution in [0.4, 0.5) is 0 Å². The van der Waals surface area contributed by atoms with Crippen LogP contribution < -0.4 is 5.32 Å². The van der Waals surface area contributed by atoms with E-state index in [0.717, 1.165) is 22.4 Å². The average Bonchev–Trinajstić information content (AvgIpc) is 2.76. The van der Waals surface area contributed by atoms with Crippen LogP contribution in [0.1, 0.15) is 26.3 Å². The largest absolute Gasteiger partial charge is 0.360 e. The van der Waals surface area contributed by atoms with E-state index in [1.807, 2.05) is 23.5 Å². The molecule has 0 spiro atoms. The third kappa shape index (κ3) is 5.49. The van der Waals surface area contributed by atoms with E-state index >= 15 is 0 Å². The van der Waals surface area contributed by atoms with Crippen molar-refractivity contribution in [3.8, 4) is 0 Å². The van der Waals surface area contributed by atoms with Gasteiger partial charge in [-0.1, -0.05) is 42.1 Å². The molecule has 0 aromatic heterocycles. The van der Waals surface area contributed by atoms with Gasteiger partial charge in [0, 0.05) is 22.8 Å². The van der Waals surface area contributed by atoms with Gasteiger partial charge in [-0.25, -0.2) is 0 Å². The highest BCUT2D eigenvalue weighted by Crippen LogP contribution is 2.23. The van der Waals surface area contributed by atoms with Crippen LogP contribution in [-0.4, -0.2) is 28.3 Å². The Balaban J connectivity index is 1.73. The summed E-state index contributed by atoms with van der Waals surface area (Å²) >= 11 is 3.82. The first kappa shape index (κ1) is 14.8. The minimum absolute atomic E-state index is 0.109. The van der Waals surface area contributed by atoms with E-state index < -0.39 is 0 Å². The van der Waals surface area contributed by atoms with Gasteiger partial charge in [-0.3, -0.25) is 4.99 Å². The smallest absolute Gasteiger partial charge is 0.157 e. The number of aliphatic imine (C=N–C) groups is 1. The number of amidine groups is 1. The molecule has 1 aromatic carbocycles. The molecule has 0 saturated carbocycles. The second-order valence-electron chi connectivity index (χ2n) is 5.77. The summed E-state index contributed by atoms with van der Waals surface area (Å²) in [4.78, 5) is 4.75. The molecule has 1 atom stereocenters. The highest BCUT2D eigenvalue weighted by Gasteiger charge is 2.21. The molecule has 0 bridgehead atoms. The molecular weight excluding hydrogens is 272 g/mol. The van der Waals surface area contributed by atoms with E-state index in [2.05, 4.69) is 56.4 Å². The lowest BCUT2D eigenvalue weighted by atomic mass is 10.1. The molecule has 0 radical (unpaired) electrons. The summed E-state index contributed by atoms with van der Waals surface area (Å²) in [6.07, 6.45) is 0. The first-order valence-electron chi connectivity index (χ1n) is 6.63. The van der Waals surface area contributed by atoms with E-state index in [9.17, 15) is 0 Å². The van der Waals surface area contributed by atoms with Crippen LogP contribution in [0.2, 0.25) is 0 Å². The van der Waals surface area contributed by atoms with Gasteiger partial charge in [-0.05, 0) is 26.3 Å². The van der Waals surface area contributed by atoms with E-state index in [4.69, 9.17) is 4.99 Å². The molecule has 1 aliphatic rings. The van der Waals surface area contributed by atoms with Gasteiger partial charge in [-0.15, -0.1) is 0 Å². The number of rotatable bonds is 4. The summed E-state index contributed by atoms with van der Waals surface area (Å²) in [5, 5.41) is 4.57. The molecule has 0 fully saturated rings. The summed E-state index contributed by atoms with van der Waals surface area (Å²) in [7, 11) is 0. The number of nitrogens with one attached hydrogen (secondary N) is 1. The lowest BCUT2D eigenvalue weighted by Crippen LogP contribution is -2.38. The van der Waals surface area contributed by atoms with Gasteiger partial charge in [0.2, 0.25) is 0 Å². The summed E-state index contributed by atoms with van der Waals surface area (Å²) in [5.41, 5.74) is 1.51. The molecule has 0 amide bonds. The Morgan fingerprint density at radius 3 is 2.74 bits per heavy atom. The topological polar surface area (TPSA) is 24.4 Å². The first-order chi connectivity index (χ1) is 9.03. The van der Waals surface area contributed by atoms with E-state index in [0.29, 0.717) is 6.04 Å². The Labute approximate surface area is 124 Å². The maximum atomic E-state index is 4.75. The van der Waals surface area contributed by atoms with Gasteiger partial charge in [-0.2, -0.15) is 11.8 Å². The molecule has 1 heterocycles. The number of hydrogen-bond acceptors (Lipinski definition) is 4. The van der Waals surface area contributed by atoms with Crippen molar-refractivity contribution in [1.29, 1.82) is 0 Å². The second-order valence-corrected chi connectivity index (χ2v) is 7.81. The monoisotopic (exact) mass is 294 g/mol. The minimum atomic E-state index is 0.109. The molecule has 104 valence electrons. The molecule has 19 heavy (non-hydrogen) atoms. The lowest BCUT2D eigenvalue weighted by Gasteiger charge is -2.20. The Morgan fingerprint density at radius 2 is 2.05 bits per heavy atom. The highest BCUT2D eigenvalue weighted by atomic mass is 32.2. The molecule has 4 heteroatoms. The first-order valence-corrected chi connectivity index (χ1v) is 8.77. The van der Waals surface area contributed by atoms with Crippen LogP contribution in [0, 0.1) is 0 Å². The van der Waals surface area contributed by atoms with Crippen molar-refractivity contribution in [2.45, 2.75) is 38.1 Å². The Kier molecular flexibility index (Phi) is 5.22. The standard InChI is InChI=1S/C15H22N2S2/c1-15(2,3)17-14-16-13(11-19-14)10-18-9-12-7-5-4-6-8-12/h4-8,13H,9-11H2,1-3H3,(H,16,17). The van der Waals surface area contributed by atoms with E-state index in [1.54, 1.807) is 0 Å². The highest BCUT2D eigenvalue weighted by molar-refractivity contribution is 8.14. The van der Waals surface area contributed by atoms with Crippen molar-refractivity contribution in [2.24, 2.45) is 4.99 Å². The zero-order chi connectivity index (χ0) is 13.7. The Bertz CT molecular complexity index is 424. The molecule has 0 aliphatic carbocycles. The van der Waals surface area contributed by atoms with E-state index in [1.165, 1.54) is 5.56 Å².